The van der Waals surface area contributed by atoms with Crippen LogP contribution in [0.1, 0.15) is 45.6 Å². The van der Waals surface area contributed by atoms with Gasteiger partial charge in [-0.05, 0) is 42.4 Å². The highest BCUT2D eigenvalue weighted by Gasteiger charge is 2.19. The number of rotatable bonds is 9. The fourth-order valence-corrected chi connectivity index (χ4v) is 1.95. The van der Waals surface area contributed by atoms with E-state index in [2.05, 4.69) is 38.2 Å². The Hall–Kier alpha value is -1.06. The van der Waals surface area contributed by atoms with Gasteiger partial charge in [0.15, 0.2) is 0 Å². The van der Waals surface area contributed by atoms with E-state index in [-0.39, 0.29) is 0 Å². The minimum Gasteiger partial charge on any atom is -0.491 e. The Morgan fingerprint density at radius 2 is 1.76 bits per heavy atom. The molecule has 118 valence electrons. The van der Waals surface area contributed by atoms with Gasteiger partial charge in [-0.2, -0.15) is 0 Å². The Bertz CT molecular complexity index is 404. The molecule has 0 heterocycles. The number of hydrogen-bond acceptors (Lipinski definition) is 3. The Kier molecular flexibility index (Phi) is 6.07. The largest absolute Gasteiger partial charge is 0.491 e. The lowest BCUT2D eigenvalue weighted by atomic mass is 9.93. The Labute approximate surface area is 129 Å². The van der Waals surface area contributed by atoms with E-state index in [4.69, 9.17) is 9.47 Å². The molecule has 0 amide bonds. The smallest absolute Gasteiger partial charge is 0.119 e. The van der Waals surface area contributed by atoms with E-state index in [0.717, 1.165) is 31.4 Å². The van der Waals surface area contributed by atoms with E-state index >= 15 is 0 Å². The molecule has 1 fully saturated rings. The lowest BCUT2D eigenvalue weighted by Crippen LogP contribution is -2.15. The maximum atomic E-state index is 5.69. The van der Waals surface area contributed by atoms with Crippen LogP contribution in [0.15, 0.2) is 24.3 Å². The van der Waals surface area contributed by atoms with Gasteiger partial charge in [0.25, 0.3) is 0 Å². The van der Waals surface area contributed by atoms with E-state index in [9.17, 15) is 0 Å². The highest BCUT2D eigenvalue weighted by atomic mass is 16.5. The molecule has 1 aliphatic rings. The average molecular weight is 291 g/mol. The van der Waals surface area contributed by atoms with E-state index in [1.807, 2.05) is 12.1 Å². The van der Waals surface area contributed by atoms with Crippen molar-refractivity contribution in [3.63, 3.8) is 0 Å². The van der Waals surface area contributed by atoms with Gasteiger partial charge >= 0.3 is 0 Å². The van der Waals surface area contributed by atoms with Gasteiger partial charge in [0.05, 0.1) is 6.61 Å². The van der Waals surface area contributed by atoms with Crippen molar-refractivity contribution >= 4 is 0 Å². The fraction of sp³-hybridized carbons (Fsp3) is 0.667. The number of nitrogens with one attached hydrogen (secondary N) is 1. The maximum Gasteiger partial charge on any atom is 0.119 e. The van der Waals surface area contributed by atoms with Crippen LogP contribution in [0.4, 0.5) is 0 Å². The third-order valence-corrected chi connectivity index (χ3v) is 3.59. The SMILES string of the molecule is CC(C)(C)CCOCCOc1ccc(CNC2CC2)cc1. The summed E-state index contributed by atoms with van der Waals surface area (Å²) in [7, 11) is 0. The highest BCUT2D eigenvalue weighted by Crippen LogP contribution is 2.20. The first-order valence-electron chi connectivity index (χ1n) is 8.06. The van der Waals surface area contributed by atoms with Gasteiger partial charge < -0.3 is 14.8 Å². The van der Waals surface area contributed by atoms with Crippen LogP contribution in [0.5, 0.6) is 5.75 Å². The van der Waals surface area contributed by atoms with Crippen LogP contribution in [0, 0.1) is 5.41 Å². The van der Waals surface area contributed by atoms with E-state index in [0.29, 0.717) is 18.6 Å². The number of hydrogen-bond donors (Lipinski definition) is 1. The van der Waals surface area contributed by atoms with Crippen LogP contribution in [-0.4, -0.2) is 25.9 Å². The zero-order valence-electron chi connectivity index (χ0n) is 13.7. The summed E-state index contributed by atoms with van der Waals surface area (Å²) in [6, 6.07) is 9.10. The molecular formula is C18H29NO2. The summed E-state index contributed by atoms with van der Waals surface area (Å²) in [6.07, 6.45) is 3.74. The molecule has 2 rings (SSSR count). The van der Waals surface area contributed by atoms with Crippen molar-refractivity contribution < 1.29 is 9.47 Å². The first-order chi connectivity index (χ1) is 10.0. The molecule has 1 saturated carbocycles. The van der Waals surface area contributed by atoms with Crippen LogP contribution < -0.4 is 10.1 Å². The molecule has 3 heteroatoms. The van der Waals surface area contributed by atoms with E-state index in [1.54, 1.807) is 0 Å². The predicted molar refractivity (Wildman–Crippen MR) is 86.7 cm³/mol. The lowest BCUT2D eigenvalue weighted by Gasteiger charge is -2.17. The molecule has 3 nitrogen and oxygen atoms in total. The number of ether oxygens (including phenoxy) is 2. The van der Waals surface area contributed by atoms with Crippen molar-refractivity contribution in [2.75, 3.05) is 19.8 Å². The summed E-state index contributed by atoms with van der Waals surface area (Å²) >= 11 is 0. The standard InChI is InChI=1S/C18H29NO2/c1-18(2,3)10-11-20-12-13-21-17-8-4-15(5-9-17)14-19-16-6-7-16/h4-5,8-9,16,19H,6-7,10-14H2,1-3H3. The molecule has 0 saturated heterocycles. The van der Waals surface area contributed by atoms with Crippen molar-refractivity contribution in [2.24, 2.45) is 5.41 Å². The second-order valence-corrected chi connectivity index (χ2v) is 7.07. The molecule has 0 radical (unpaired) electrons. The first kappa shape index (κ1) is 16.3. The molecule has 0 atom stereocenters. The molecule has 1 aliphatic carbocycles. The highest BCUT2D eigenvalue weighted by molar-refractivity contribution is 5.27. The van der Waals surface area contributed by atoms with Gasteiger partial charge in [-0.15, -0.1) is 0 Å². The zero-order valence-corrected chi connectivity index (χ0v) is 13.7. The van der Waals surface area contributed by atoms with Crippen LogP contribution in [0.2, 0.25) is 0 Å². The van der Waals surface area contributed by atoms with Gasteiger partial charge in [0.2, 0.25) is 0 Å². The third kappa shape index (κ3) is 7.49. The molecule has 0 bridgehead atoms. The molecule has 1 aromatic rings. The molecule has 0 aliphatic heterocycles. The lowest BCUT2D eigenvalue weighted by molar-refractivity contribution is 0.0818. The van der Waals surface area contributed by atoms with Crippen molar-refractivity contribution in [2.45, 2.75) is 52.6 Å². The summed E-state index contributed by atoms with van der Waals surface area (Å²) in [4.78, 5) is 0. The van der Waals surface area contributed by atoms with Gasteiger partial charge in [0, 0.05) is 19.2 Å². The van der Waals surface area contributed by atoms with E-state index in [1.165, 1.54) is 18.4 Å². The summed E-state index contributed by atoms with van der Waals surface area (Å²) in [6.45, 7) is 9.72. The van der Waals surface area contributed by atoms with E-state index < -0.39 is 0 Å². The Balaban J connectivity index is 1.55. The Morgan fingerprint density at radius 3 is 2.38 bits per heavy atom. The normalized spacial score (nSPS) is 15.2. The van der Waals surface area contributed by atoms with Crippen molar-refractivity contribution in [3.8, 4) is 5.75 Å². The maximum absolute atomic E-state index is 5.69. The monoisotopic (exact) mass is 291 g/mol. The van der Waals surface area contributed by atoms with Crippen LogP contribution in [-0.2, 0) is 11.3 Å². The molecule has 21 heavy (non-hydrogen) atoms. The molecule has 0 spiro atoms. The second kappa shape index (κ2) is 7.81. The molecule has 0 unspecified atom stereocenters. The third-order valence-electron chi connectivity index (χ3n) is 3.59. The zero-order chi connectivity index (χ0) is 15.1. The molecule has 0 aromatic heterocycles. The van der Waals surface area contributed by atoms with Crippen molar-refractivity contribution in [1.29, 1.82) is 0 Å². The molecular weight excluding hydrogens is 262 g/mol. The summed E-state index contributed by atoms with van der Waals surface area (Å²) in [5.74, 6) is 0.921. The molecule has 1 N–H and O–H groups in total. The Morgan fingerprint density at radius 1 is 1.05 bits per heavy atom. The number of benzene rings is 1. The summed E-state index contributed by atoms with van der Waals surface area (Å²) in [5.41, 5.74) is 1.65. The van der Waals surface area contributed by atoms with Crippen molar-refractivity contribution in [3.05, 3.63) is 29.8 Å². The fourth-order valence-electron chi connectivity index (χ4n) is 1.95. The second-order valence-electron chi connectivity index (χ2n) is 7.07. The van der Waals surface area contributed by atoms with Crippen molar-refractivity contribution in [1.82, 2.24) is 5.32 Å². The van der Waals surface area contributed by atoms with Gasteiger partial charge in [-0.3, -0.25) is 0 Å². The average Bonchev–Trinajstić information content (AvgIpc) is 3.25. The predicted octanol–water partition coefficient (Wildman–Crippen LogP) is 3.77. The quantitative estimate of drug-likeness (QED) is 0.703. The summed E-state index contributed by atoms with van der Waals surface area (Å²) in [5, 5.41) is 3.51. The van der Waals surface area contributed by atoms with Crippen LogP contribution in [0.25, 0.3) is 0 Å². The summed E-state index contributed by atoms with van der Waals surface area (Å²) < 4.78 is 11.3. The first-order valence-corrected chi connectivity index (χ1v) is 8.06. The van der Waals surface area contributed by atoms with Gasteiger partial charge in [0.1, 0.15) is 12.4 Å². The molecule has 1 aromatic carbocycles. The van der Waals surface area contributed by atoms with Gasteiger partial charge in [-0.1, -0.05) is 32.9 Å². The minimum absolute atomic E-state index is 0.338. The van der Waals surface area contributed by atoms with Gasteiger partial charge in [-0.25, -0.2) is 0 Å². The topological polar surface area (TPSA) is 30.5 Å². The van der Waals surface area contributed by atoms with Crippen LogP contribution in [0.3, 0.4) is 0 Å². The van der Waals surface area contributed by atoms with Crippen LogP contribution >= 0.6 is 0 Å². The minimum atomic E-state index is 0.338.